The third kappa shape index (κ3) is 2.32. The van der Waals surface area contributed by atoms with Gasteiger partial charge >= 0.3 is 0 Å². The van der Waals surface area contributed by atoms with Gasteiger partial charge in [0.25, 0.3) is 0 Å². The maximum atomic E-state index is 12.2. The Labute approximate surface area is 106 Å². The van der Waals surface area contributed by atoms with Gasteiger partial charge in [0.15, 0.2) is 5.78 Å². The second-order valence-corrected chi connectivity index (χ2v) is 3.78. The fraction of sp³-hybridized carbons (Fsp3) is 0. The fourth-order valence-corrected chi connectivity index (χ4v) is 1.68. The van der Waals surface area contributed by atoms with Crippen molar-refractivity contribution in [2.24, 2.45) is 0 Å². The molecule has 0 spiro atoms. The number of hydrogen-bond acceptors (Lipinski definition) is 1. The zero-order valence-electron chi connectivity index (χ0n) is 9.68. The van der Waals surface area contributed by atoms with Gasteiger partial charge in [-0.15, -0.1) is 12.8 Å². The average Bonchev–Trinajstić information content (AvgIpc) is 2.46. The summed E-state index contributed by atoms with van der Waals surface area (Å²) in [7, 11) is 0. The van der Waals surface area contributed by atoms with Crippen molar-refractivity contribution < 1.29 is 4.79 Å². The summed E-state index contributed by atoms with van der Waals surface area (Å²) in [6, 6.07) is 14.1. The van der Waals surface area contributed by atoms with Crippen LogP contribution in [-0.4, -0.2) is 5.78 Å². The van der Waals surface area contributed by atoms with Gasteiger partial charge in [0.2, 0.25) is 0 Å². The molecule has 1 nitrogen and oxygen atoms in total. The van der Waals surface area contributed by atoms with Crippen LogP contribution in [0.3, 0.4) is 0 Å². The molecule has 0 aliphatic rings. The molecule has 0 bridgehead atoms. The lowest BCUT2D eigenvalue weighted by Crippen LogP contribution is -2.02. The second-order valence-electron chi connectivity index (χ2n) is 3.78. The van der Waals surface area contributed by atoms with Gasteiger partial charge in [-0.05, 0) is 18.2 Å². The molecular formula is C17H10O. The van der Waals surface area contributed by atoms with Crippen molar-refractivity contribution >= 4 is 5.78 Å². The number of hydrogen-bond donors (Lipinski definition) is 0. The third-order valence-electron chi connectivity index (χ3n) is 2.56. The van der Waals surface area contributed by atoms with Gasteiger partial charge in [-0.25, -0.2) is 0 Å². The molecule has 0 heterocycles. The van der Waals surface area contributed by atoms with E-state index in [1.54, 1.807) is 30.3 Å². The summed E-state index contributed by atoms with van der Waals surface area (Å²) in [6.07, 6.45) is 10.7. The molecule has 1 heteroatoms. The molecule has 0 saturated heterocycles. The number of benzene rings is 2. The molecule has 0 aliphatic carbocycles. The largest absolute Gasteiger partial charge is 0.289 e. The molecule has 2 aromatic rings. The number of ketones is 1. The molecule has 0 amide bonds. The zero-order chi connectivity index (χ0) is 13.0. The van der Waals surface area contributed by atoms with Gasteiger partial charge in [0, 0.05) is 22.3 Å². The molecule has 0 N–H and O–H groups in total. The minimum atomic E-state index is -0.0794. The predicted molar refractivity (Wildman–Crippen MR) is 72.2 cm³/mol. The lowest BCUT2D eigenvalue weighted by atomic mass is 9.99. The quantitative estimate of drug-likeness (QED) is 0.572. The van der Waals surface area contributed by atoms with E-state index in [9.17, 15) is 4.79 Å². The Bertz CT molecular complexity index is 635. The molecule has 2 rings (SSSR count). The highest BCUT2D eigenvalue weighted by Gasteiger charge is 2.09. The highest BCUT2D eigenvalue weighted by molar-refractivity contribution is 6.09. The van der Waals surface area contributed by atoms with Crippen LogP contribution in [-0.2, 0) is 0 Å². The summed E-state index contributed by atoms with van der Waals surface area (Å²) in [6.45, 7) is 0. The van der Waals surface area contributed by atoms with Crippen molar-refractivity contribution in [3.05, 3.63) is 70.8 Å². The Balaban J connectivity index is 2.50. The van der Waals surface area contributed by atoms with Crippen LogP contribution in [0.25, 0.3) is 0 Å². The molecule has 0 fully saturated rings. The molecule has 0 aromatic heterocycles. The first-order valence-electron chi connectivity index (χ1n) is 5.42. The van der Waals surface area contributed by atoms with Gasteiger partial charge in [-0.3, -0.25) is 4.79 Å². The Morgan fingerprint density at radius 3 is 1.89 bits per heavy atom. The van der Waals surface area contributed by atoms with Gasteiger partial charge in [0.05, 0.1) is 0 Å². The first kappa shape index (κ1) is 11.7. The first-order valence-corrected chi connectivity index (χ1v) is 5.42. The van der Waals surface area contributed by atoms with E-state index in [-0.39, 0.29) is 5.78 Å². The monoisotopic (exact) mass is 230 g/mol. The highest BCUT2D eigenvalue weighted by atomic mass is 16.1. The van der Waals surface area contributed by atoms with Gasteiger partial charge < -0.3 is 0 Å². The number of rotatable bonds is 2. The van der Waals surface area contributed by atoms with Crippen LogP contribution in [0.2, 0.25) is 0 Å². The summed E-state index contributed by atoms with van der Waals surface area (Å²) < 4.78 is 0. The summed E-state index contributed by atoms with van der Waals surface area (Å²) >= 11 is 0. The summed E-state index contributed by atoms with van der Waals surface area (Å²) in [5.41, 5.74) is 2.37. The molecule has 2 aromatic carbocycles. The van der Waals surface area contributed by atoms with E-state index in [4.69, 9.17) is 12.8 Å². The van der Waals surface area contributed by atoms with E-state index in [0.29, 0.717) is 22.3 Å². The van der Waals surface area contributed by atoms with E-state index in [1.807, 2.05) is 18.2 Å². The minimum Gasteiger partial charge on any atom is -0.289 e. The summed E-state index contributed by atoms with van der Waals surface area (Å²) in [5.74, 6) is 4.92. The molecule has 0 aliphatic heterocycles. The number of terminal acetylenes is 2. The fourth-order valence-electron chi connectivity index (χ4n) is 1.68. The molecule has 0 radical (unpaired) electrons. The summed E-state index contributed by atoms with van der Waals surface area (Å²) in [4.78, 5) is 12.2. The van der Waals surface area contributed by atoms with Crippen LogP contribution in [0.1, 0.15) is 27.0 Å². The van der Waals surface area contributed by atoms with Crippen LogP contribution >= 0.6 is 0 Å². The van der Waals surface area contributed by atoms with E-state index in [2.05, 4.69) is 11.8 Å². The SMILES string of the molecule is C#Cc1cc(C#C)cc(C(=O)c2ccccc2)c1. The van der Waals surface area contributed by atoms with Crippen LogP contribution in [0.5, 0.6) is 0 Å². The number of carbonyl (C=O) groups excluding carboxylic acids is 1. The van der Waals surface area contributed by atoms with E-state index < -0.39 is 0 Å². The Morgan fingerprint density at radius 2 is 1.39 bits per heavy atom. The highest BCUT2D eigenvalue weighted by Crippen LogP contribution is 2.14. The Kier molecular flexibility index (Phi) is 3.28. The lowest BCUT2D eigenvalue weighted by Gasteiger charge is -2.03. The number of carbonyl (C=O) groups is 1. The maximum absolute atomic E-state index is 12.2. The third-order valence-corrected chi connectivity index (χ3v) is 2.56. The molecular weight excluding hydrogens is 220 g/mol. The van der Waals surface area contributed by atoms with Crippen LogP contribution in [0.4, 0.5) is 0 Å². The van der Waals surface area contributed by atoms with Crippen molar-refractivity contribution in [2.45, 2.75) is 0 Å². The topological polar surface area (TPSA) is 17.1 Å². The van der Waals surface area contributed by atoms with Crippen LogP contribution in [0.15, 0.2) is 48.5 Å². The zero-order valence-corrected chi connectivity index (χ0v) is 9.68. The normalized spacial score (nSPS) is 9.22. The van der Waals surface area contributed by atoms with Crippen molar-refractivity contribution in [1.82, 2.24) is 0 Å². The first-order chi connectivity index (χ1) is 8.74. The molecule has 0 saturated carbocycles. The van der Waals surface area contributed by atoms with Crippen LogP contribution < -0.4 is 0 Å². The van der Waals surface area contributed by atoms with Gasteiger partial charge in [-0.2, -0.15) is 0 Å². The molecule has 84 valence electrons. The second kappa shape index (κ2) is 5.04. The molecule has 0 unspecified atom stereocenters. The van der Waals surface area contributed by atoms with Crippen molar-refractivity contribution in [2.75, 3.05) is 0 Å². The Hall–Kier alpha value is -2.77. The molecule has 0 atom stereocenters. The average molecular weight is 230 g/mol. The molecule has 18 heavy (non-hydrogen) atoms. The van der Waals surface area contributed by atoms with Crippen molar-refractivity contribution in [1.29, 1.82) is 0 Å². The smallest absolute Gasteiger partial charge is 0.193 e. The predicted octanol–water partition coefficient (Wildman–Crippen LogP) is 2.88. The van der Waals surface area contributed by atoms with E-state index in [1.165, 1.54) is 0 Å². The Morgan fingerprint density at radius 1 is 0.833 bits per heavy atom. The minimum absolute atomic E-state index is 0.0794. The lowest BCUT2D eigenvalue weighted by molar-refractivity contribution is 0.103. The van der Waals surface area contributed by atoms with Crippen LogP contribution in [0, 0.1) is 24.7 Å². The van der Waals surface area contributed by atoms with E-state index >= 15 is 0 Å². The maximum Gasteiger partial charge on any atom is 0.193 e. The summed E-state index contributed by atoms with van der Waals surface area (Å²) in [5, 5.41) is 0. The van der Waals surface area contributed by atoms with Gasteiger partial charge in [-0.1, -0.05) is 42.2 Å². The van der Waals surface area contributed by atoms with Crippen molar-refractivity contribution in [3.63, 3.8) is 0 Å². The standard InChI is InChI=1S/C17H10O/c1-3-13-10-14(4-2)12-16(11-13)17(18)15-8-6-5-7-9-15/h1-2,5-12H. The van der Waals surface area contributed by atoms with E-state index in [0.717, 1.165) is 0 Å². The van der Waals surface area contributed by atoms with Crippen molar-refractivity contribution in [3.8, 4) is 24.7 Å². The van der Waals surface area contributed by atoms with Gasteiger partial charge in [0.1, 0.15) is 0 Å².